The SMILES string of the molecule is O=[N+]([O-])c1cc(Cl)c(F)cc1NC1CCOCC1. The van der Waals surface area contributed by atoms with Crippen molar-refractivity contribution >= 4 is 23.0 Å². The second kappa shape index (κ2) is 5.49. The largest absolute Gasteiger partial charge is 0.381 e. The van der Waals surface area contributed by atoms with Crippen LogP contribution in [0.4, 0.5) is 15.8 Å². The number of nitro benzene ring substituents is 1. The number of nitrogens with one attached hydrogen (secondary N) is 1. The molecule has 1 fully saturated rings. The molecule has 0 aliphatic carbocycles. The first-order valence-electron chi connectivity index (χ1n) is 5.55. The first-order chi connectivity index (χ1) is 8.58. The lowest BCUT2D eigenvalue weighted by atomic mass is 10.1. The first-order valence-corrected chi connectivity index (χ1v) is 5.93. The van der Waals surface area contributed by atoms with E-state index in [9.17, 15) is 14.5 Å². The molecule has 1 aliphatic heterocycles. The molecule has 0 amide bonds. The molecular weight excluding hydrogens is 263 g/mol. The first kappa shape index (κ1) is 13.0. The van der Waals surface area contributed by atoms with Gasteiger partial charge in [-0.05, 0) is 12.8 Å². The van der Waals surface area contributed by atoms with Gasteiger partial charge in [-0.25, -0.2) is 4.39 Å². The van der Waals surface area contributed by atoms with Crippen molar-refractivity contribution in [3.05, 3.63) is 33.1 Å². The van der Waals surface area contributed by atoms with Gasteiger partial charge < -0.3 is 10.1 Å². The molecule has 7 heteroatoms. The molecule has 0 atom stereocenters. The topological polar surface area (TPSA) is 64.4 Å². The van der Waals surface area contributed by atoms with Crippen LogP contribution in [-0.4, -0.2) is 24.2 Å². The van der Waals surface area contributed by atoms with Crippen LogP contribution in [0.3, 0.4) is 0 Å². The van der Waals surface area contributed by atoms with Gasteiger partial charge in [-0.1, -0.05) is 11.6 Å². The molecule has 1 aliphatic rings. The highest BCUT2D eigenvalue weighted by Crippen LogP contribution is 2.31. The number of anilines is 1. The van der Waals surface area contributed by atoms with Crippen LogP contribution in [0.15, 0.2) is 12.1 Å². The minimum atomic E-state index is -0.670. The van der Waals surface area contributed by atoms with Crippen molar-refractivity contribution in [2.75, 3.05) is 18.5 Å². The van der Waals surface area contributed by atoms with Crippen molar-refractivity contribution in [2.24, 2.45) is 0 Å². The summed E-state index contributed by atoms with van der Waals surface area (Å²) in [7, 11) is 0. The predicted molar refractivity (Wildman–Crippen MR) is 65.5 cm³/mol. The van der Waals surface area contributed by atoms with E-state index in [4.69, 9.17) is 16.3 Å². The third kappa shape index (κ3) is 2.88. The molecule has 1 aromatic rings. The number of rotatable bonds is 3. The van der Waals surface area contributed by atoms with Crippen LogP contribution in [-0.2, 0) is 4.74 Å². The number of halogens is 2. The highest BCUT2D eigenvalue weighted by atomic mass is 35.5. The van der Waals surface area contributed by atoms with Gasteiger partial charge in [0.15, 0.2) is 0 Å². The third-order valence-electron chi connectivity index (χ3n) is 2.82. The Labute approximate surface area is 108 Å². The number of benzene rings is 1. The van der Waals surface area contributed by atoms with Crippen LogP contribution in [0.5, 0.6) is 0 Å². The minimum absolute atomic E-state index is 0.0537. The summed E-state index contributed by atoms with van der Waals surface area (Å²) in [6.45, 7) is 1.20. The Morgan fingerprint density at radius 3 is 2.72 bits per heavy atom. The Morgan fingerprint density at radius 2 is 2.11 bits per heavy atom. The van der Waals surface area contributed by atoms with Gasteiger partial charge in [-0.15, -0.1) is 0 Å². The van der Waals surface area contributed by atoms with Gasteiger partial charge in [0.25, 0.3) is 5.69 Å². The Bertz CT molecular complexity index is 464. The van der Waals surface area contributed by atoms with Gasteiger partial charge >= 0.3 is 0 Å². The maximum absolute atomic E-state index is 13.4. The molecule has 1 N–H and O–H groups in total. The Morgan fingerprint density at radius 1 is 1.44 bits per heavy atom. The summed E-state index contributed by atoms with van der Waals surface area (Å²) in [6, 6.07) is 2.15. The van der Waals surface area contributed by atoms with Crippen LogP contribution in [0.2, 0.25) is 5.02 Å². The maximum atomic E-state index is 13.4. The Balaban J connectivity index is 2.24. The van der Waals surface area contributed by atoms with E-state index in [0.717, 1.165) is 25.0 Å². The molecule has 1 heterocycles. The van der Waals surface area contributed by atoms with Gasteiger partial charge in [0, 0.05) is 31.4 Å². The van der Waals surface area contributed by atoms with Crippen LogP contribution < -0.4 is 5.32 Å². The number of hydrogen-bond acceptors (Lipinski definition) is 4. The molecule has 1 saturated heterocycles. The summed E-state index contributed by atoms with van der Waals surface area (Å²) in [5.74, 6) is -0.670. The van der Waals surface area contributed by atoms with Crippen molar-refractivity contribution < 1.29 is 14.1 Å². The quantitative estimate of drug-likeness (QED) is 0.680. The average Bonchev–Trinajstić information content (AvgIpc) is 2.34. The summed E-state index contributed by atoms with van der Waals surface area (Å²) in [4.78, 5) is 10.3. The van der Waals surface area contributed by atoms with Gasteiger partial charge in [0.05, 0.1) is 9.95 Å². The molecule has 0 saturated carbocycles. The average molecular weight is 275 g/mol. The minimum Gasteiger partial charge on any atom is -0.381 e. The fourth-order valence-corrected chi connectivity index (χ4v) is 2.02. The molecule has 98 valence electrons. The van der Waals surface area contributed by atoms with E-state index >= 15 is 0 Å². The fourth-order valence-electron chi connectivity index (χ4n) is 1.86. The lowest BCUT2D eigenvalue weighted by molar-refractivity contribution is -0.384. The summed E-state index contributed by atoms with van der Waals surface area (Å²) < 4.78 is 18.5. The van der Waals surface area contributed by atoms with E-state index in [2.05, 4.69) is 5.32 Å². The van der Waals surface area contributed by atoms with Crippen LogP contribution in [0.25, 0.3) is 0 Å². The molecule has 0 spiro atoms. The number of hydrogen-bond donors (Lipinski definition) is 1. The van der Waals surface area contributed by atoms with Crippen LogP contribution >= 0.6 is 11.6 Å². The number of nitrogens with zero attached hydrogens (tertiary/aromatic N) is 1. The molecule has 0 bridgehead atoms. The monoisotopic (exact) mass is 274 g/mol. The van der Waals surface area contributed by atoms with Crippen LogP contribution in [0, 0.1) is 15.9 Å². The highest BCUT2D eigenvalue weighted by molar-refractivity contribution is 6.31. The fraction of sp³-hybridized carbons (Fsp3) is 0.455. The molecule has 2 rings (SSSR count). The standard InChI is InChI=1S/C11H12ClFN2O3/c12-8-5-11(15(16)17)10(6-9(8)13)14-7-1-3-18-4-2-7/h5-7,14H,1-4H2. The highest BCUT2D eigenvalue weighted by Gasteiger charge is 2.21. The van der Waals surface area contributed by atoms with E-state index < -0.39 is 10.7 Å². The van der Waals surface area contributed by atoms with Crippen molar-refractivity contribution in [1.82, 2.24) is 0 Å². The summed E-state index contributed by atoms with van der Waals surface area (Å²) in [6.07, 6.45) is 1.47. The molecule has 0 unspecified atom stereocenters. The number of nitro groups is 1. The lowest BCUT2D eigenvalue weighted by Crippen LogP contribution is -2.28. The lowest BCUT2D eigenvalue weighted by Gasteiger charge is -2.24. The van der Waals surface area contributed by atoms with E-state index in [-0.39, 0.29) is 22.4 Å². The molecule has 5 nitrogen and oxygen atoms in total. The Hall–Kier alpha value is -1.40. The number of ether oxygens (including phenoxy) is 1. The van der Waals surface area contributed by atoms with E-state index in [1.807, 2.05) is 0 Å². The maximum Gasteiger partial charge on any atom is 0.294 e. The van der Waals surface area contributed by atoms with Crippen LogP contribution in [0.1, 0.15) is 12.8 Å². The zero-order valence-corrected chi connectivity index (χ0v) is 10.2. The van der Waals surface area contributed by atoms with E-state index in [1.165, 1.54) is 0 Å². The van der Waals surface area contributed by atoms with Crippen molar-refractivity contribution in [3.63, 3.8) is 0 Å². The van der Waals surface area contributed by atoms with Crippen molar-refractivity contribution in [3.8, 4) is 0 Å². The van der Waals surface area contributed by atoms with Gasteiger partial charge in [0.2, 0.25) is 0 Å². The van der Waals surface area contributed by atoms with E-state index in [0.29, 0.717) is 13.2 Å². The van der Waals surface area contributed by atoms with Gasteiger partial charge in [-0.2, -0.15) is 0 Å². The normalized spacial score (nSPS) is 16.6. The molecule has 1 aromatic carbocycles. The summed E-state index contributed by atoms with van der Waals surface area (Å²) in [5, 5.41) is 13.6. The zero-order chi connectivity index (χ0) is 13.1. The van der Waals surface area contributed by atoms with E-state index in [1.54, 1.807) is 0 Å². The smallest absolute Gasteiger partial charge is 0.294 e. The molecule has 18 heavy (non-hydrogen) atoms. The third-order valence-corrected chi connectivity index (χ3v) is 3.11. The molecule has 0 radical (unpaired) electrons. The van der Waals surface area contributed by atoms with Gasteiger partial charge in [-0.3, -0.25) is 10.1 Å². The predicted octanol–water partition coefficient (Wildman–Crippen LogP) is 2.98. The summed E-state index contributed by atoms with van der Waals surface area (Å²) >= 11 is 5.55. The second-order valence-electron chi connectivity index (χ2n) is 4.07. The van der Waals surface area contributed by atoms with Gasteiger partial charge in [0.1, 0.15) is 11.5 Å². The summed E-state index contributed by atoms with van der Waals surface area (Å²) in [5.41, 5.74) is -0.0540. The second-order valence-corrected chi connectivity index (χ2v) is 4.48. The molecular formula is C11H12ClFN2O3. The Kier molecular flexibility index (Phi) is 3.98. The molecule has 0 aromatic heterocycles. The van der Waals surface area contributed by atoms with Crippen molar-refractivity contribution in [2.45, 2.75) is 18.9 Å². The van der Waals surface area contributed by atoms with Crippen molar-refractivity contribution in [1.29, 1.82) is 0 Å². The zero-order valence-electron chi connectivity index (χ0n) is 9.49.